The highest BCUT2D eigenvalue weighted by atomic mass is 16.5. The highest BCUT2D eigenvalue weighted by Crippen LogP contribution is 2.30. The molecule has 0 amide bonds. The molecule has 1 aliphatic rings. The summed E-state index contributed by atoms with van der Waals surface area (Å²) in [5.41, 5.74) is 0.211. The molecule has 0 unspecified atom stereocenters. The number of aliphatic hydroxyl groups excluding tert-OH is 2. The third kappa shape index (κ3) is 2.98. The summed E-state index contributed by atoms with van der Waals surface area (Å²) in [5.74, 6) is 0.336. The van der Waals surface area contributed by atoms with E-state index in [0.29, 0.717) is 24.6 Å². The molecule has 1 saturated heterocycles. The normalized spacial score (nSPS) is 24.2. The lowest BCUT2D eigenvalue weighted by atomic mass is 10.2. The zero-order valence-electron chi connectivity index (χ0n) is 12.5. The van der Waals surface area contributed by atoms with Crippen molar-refractivity contribution in [3.8, 4) is 0 Å². The zero-order valence-corrected chi connectivity index (χ0v) is 12.5. The van der Waals surface area contributed by atoms with E-state index in [1.807, 2.05) is 0 Å². The van der Waals surface area contributed by atoms with E-state index >= 15 is 0 Å². The lowest BCUT2D eigenvalue weighted by molar-refractivity contribution is -0.0432. The van der Waals surface area contributed by atoms with Gasteiger partial charge in [0.1, 0.15) is 12.3 Å². The van der Waals surface area contributed by atoms with Crippen molar-refractivity contribution < 1.29 is 14.9 Å². The van der Waals surface area contributed by atoms with Crippen LogP contribution >= 0.6 is 0 Å². The number of ether oxygens (including phenoxy) is 1. The van der Waals surface area contributed by atoms with E-state index in [1.165, 1.54) is 6.33 Å². The summed E-state index contributed by atoms with van der Waals surface area (Å²) in [6.45, 7) is 3.96. The van der Waals surface area contributed by atoms with Gasteiger partial charge < -0.3 is 20.3 Å². The number of hydrogen-bond acceptors (Lipinski definition) is 7. The molecule has 1 fully saturated rings. The van der Waals surface area contributed by atoms with Crippen molar-refractivity contribution in [1.82, 2.24) is 19.5 Å². The van der Waals surface area contributed by atoms with Gasteiger partial charge in [-0.2, -0.15) is 4.98 Å². The molecule has 124 valence electrons. The molecule has 9 nitrogen and oxygen atoms in total. The predicted molar refractivity (Wildman–Crippen MR) is 83.1 cm³/mol. The fourth-order valence-electron chi connectivity index (χ4n) is 2.56. The smallest absolute Gasteiger partial charge is 0.280 e. The van der Waals surface area contributed by atoms with Crippen LogP contribution in [0.25, 0.3) is 11.2 Å². The Hall–Kier alpha value is -2.23. The molecule has 2 aromatic rings. The molecule has 0 aromatic carbocycles. The summed E-state index contributed by atoms with van der Waals surface area (Å²) in [6, 6.07) is 0. The van der Waals surface area contributed by atoms with Crippen LogP contribution in [0.4, 0.5) is 5.95 Å². The second kappa shape index (κ2) is 6.49. The molecular weight excluding hydrogens is 302 g/mol. The monoisotopic (exact) mass is 321 g/mol. The minimum Gasteiger partial charge on any atom is -0.394 e. The first kappa shape index (κ1) is 15.7. The first-order valence-electron chi connectivity index (χ1n) is 7.40. The van der Waals surface area contributed by atoms with Crippen molar-refractivity contribution in [3.05, 3.63) is 29.3 Å². The number of nitrogens with one attached hydrogen (secondary N) is 2. The van der Waals surface area contributed by atoms with E-state index in [-0.39, 0.29) is 17.7 Å². The summed E-state index contributed by atoms with van der Waals surface area (Å²) in [5, 5.41) is 22.0. The largest absolute Gasteiger partial charge is 0.394 e. The van der Waals surface area contributed by atoms with Gasteiger partial charge in [-0.3, -0.25) is 14.3 Å². The van der Waals surface area contributed by atoms with Gasteiger partial charge in [-0.05, 0) is 6.42 Å². The maximum atomic E-state index is 12.1. The van der Waals surface area contributed by atoms with Gasteiger partial charge in [0.2, 0.25) is 5.95 Å². The number of aromatic nitrogens is 4. The van der Waals surface area contributed by atoms with Crippen LogP contribution in [-0.4, -0.2) is 55.1 Å². The Morgan fingerprint density at radius 3 is 3.13 bits per heavy atom. The van der Waals surface area contributed by atoms with Crippen molar-refractivity contribution in [2.24, 2.45) is 0 Å². The second-order valence-corrected chi connectivity index (χ2v) is 5.36. The molecule has 3 atom stereocenters. The summed E-state index contributed by atoms with van der Waals surface area (Å²) in [4.78, 5) is 23.1. The SMILES string of the molecule is C=CCCNc1nc2c(ncn2[C@H]2C[C@H](O)[C@@H](CO)O2)c(=O)[nH]1. The Morgan fingerprint density at radius 2 is 2.43 bits per heavy atom. The summed E-state index contributed by atoms with van der Waals surface area (Å²) in [6.07, 6.45) is 2.30. The second-order valence-electron chi connectivity index (χ2n) is 5.36. The Kier molecular flexibility index (Phi) is 4.42. The first-order chi connectivity index (χ1) is 11.1. The van der Waals surface area contributed by atoms with Crippen LogP contribution in [0.15, 0.2) is 23.8 Å². The molecule has 0 saturated carbocycles. The van der Waals surface area contributed by atoms with Crippen LogP contribution in [-0.2, 0) is 4.74 Å². The van der Waals surface area contributed by atoms with E-state index in [0.717, 1.165) is 6.42 Å². The van der Waals surface area contributed by atoms with E-state index < -0.39 is 18.4 Å². The van der Waals surface area contributed by atoms with Crippen LogP contribution in [0.1, 0.15) is 19.1 Å². The van der Waals surface area contributed by atoms with Gasteiger partial charge in [-0.1, -0.05) is 6.08 Å². The first-order valence-corrected chi connectivity index (χ1v) is 7.40. The van der Waals surface area contributed by atoms with E-state index in [2.05, 4.69) is 26.8 Å². The van der Waals surface area contributed by atoms with Gasteiger partial charge in [0.25, 0.3) is 5.56 Å². The van der Waals surface area contributed by atoms with Crippen molar-refractivity contribution in [3.63, 3.8) is 0 Å². The Labute approximate surface area is 131 Å². The predicted octanol–water partition coefficient (Wildman–Crippen LogP) is -0.252. The quantitative estimate of drug-likeness (QED) is 0.427. The molecule has 3 rings (SSSR count). The number of imidazole rings is 1. The molecule has 23 heavy (non-hydrogen) atoms. The zero-order chi connectivity index (χ0) is 16.4. The Morgan fingerprint density at radius 1 is 1.61 bits per heavy atom. The number of H-pyrrole nitrogens is 1. The molecule has 1 aliphatic heterocycles. The van der Waals surface area contributed by atoms with Crippen molar-refractivity contribution in [1.29, 1.82) is 0 Å². The average molecular weight is 321 g/mol. The molecule has 9 heteroatoms. The average Bonchev–Trinajstić information content (AvgIpc) is 3.11. The third-order valence-corrected chi connectivity index (χ3v) is 3.77. The molecule has 0 bridgehead atoms. The standard InChI is InChI=1S/C14H19N5O4/c1-2-3-4-15-14-17-12-11(13(22)18-14)16-7-19(12)10-5-8(21)9(6-20)23-10/h2,7-10,20-21H,1,3-6H2,(H2,15,17,18,22)/t8-,9+,10+/m0/s1. The van der Waals surface area contributed by atoms with Crippen LogP contribution in [0, 0.1) is 0 Å². The Bertz CT molecular complexity index is 755. The highest BCUT2D eigenvalue weighted by Gasteiger charge is 2.35. The number of aliphatic hydroxyl groups is 2. The molecule has 0 spiro atoms. The van der Waals surface area contributed by atoms with Gasteiger partial charge in [-0.15, -0.1) is 6.58 Å². The van der Waals surface area contributed by atoms with Crippen LogP contribution in [0.2, 0.25) is 0 Å². The van der Waals surface area contributed by atoms with Crippen molar-refractivity contribution in [2.75, 3.05) is 18.5 Å². The Balaban J connectivity index is 1.92. The minimum absolute atomic E-state index is 0.199. The molecular formula is C14H19N5O4. The molecule has 0 radical (unpaired) electrons. The maximum Gasteiger partial charge on any atom is 0.280 e. The van der Waals surface area contributed by atoms with E-state index in [9.17, 15) is 15.0 Å². The number of rotatable bonds is 6. The number of anilines is 1. The minimum atomic E-state index is -0.769. The number of nitrogens with zero attached hydrogens (tertiary/aromatic N) is 3. The summed E-state index contributed by atoms with van der Waals surface area (Å²) in [7, 11) is 0. The van der Waals surface area contributed by atoms with Crippen LogP contribution < -0.4 is 10.9 Å². The van der Waals surface area contributed by atoms with Crippen LogP contribution in [0.3, 0.4) is 0 Å². The molecule has 3 heterocycles. The van der Waals surface area contributed by atoms with Gasteiger partial charge in [0, 0.05) is 13.0 Å². The number of fused-ring (bicyclic) bond motifs is 1. The van der Waals surface area contributed by atoms with Gasteiger partial charge in [0.05, 0.1) is 19.0 Å². The van der Waals surface area contributed by atoms with Crippen LogP contribution in [0.5, 0.6) is 0 Å². The number of hydrogen-bond donors (Lipinski definition) is 4. The fraction of sp³-hybridized carbons (Fsp3) is 0.500. The van der Waals surface area contributed by atoms with Gasteiger partial charge in [-0.25, -0.2) is 4.98 Å². The summed E-state index contributed by atoms with van der Waals surface area (Å²) < 4.78 is 7.19. The maximum absolute atomic E-state index is 12.1. The molecule has 0 aliphatic carbocycles. The number of aromatic amines is 1. The fourth-order valence-corrected chi connectivity index (χ4v) is 2.56. The van der Waals surface area contributed by atoms with Crippen molar-refractivity contribution >= 4 is 17.1 Å². The van der Waals surface area contributed by atoms with Gasteiger partial charge >= 0.3 is 0 Å². The van der Waals surface area contributed by atoms with E-state index in [1.54, 1.807) is 10.6 Å². The molecule has 2 aromatic heterocycles. The molecule has 4 N–H and O–H groups in total. The highest BCUT2D eigenvalue weighted by molar-refractivity contribution is 5.70. The van der Waals surface area contributed by atoms with Gasteiger partial charge in [0.15, 0.2) is 11.2 Å². The summed E-state index contributed by atoms with van der Waals surface area (Å²) >= 11 is 0. The lowest BCUT2D eigenvalue weighted by Crippen LogP contribution is -2.24. The van der Waals surface area contributed by atoms with Crippen molar-refractivity contribution in [2.45, 2.75) is 31.3 Å². The lowest BCUT2D eigenvalue weighted by Gasteiger charge is -2.13. The van der Waals surface area contributed by atoms with E-state index in [4.69, 9.17) is 4.74 Å². The third-order valence-electron chi connectivity index (χ3n) is 3.77. The topological polar surface area (TPSA) is 125 Å².